The van der Waals surface area contributed by atoms with Gasteiger partial charge in [0.15, 0.2) is 0 Å². The van der Waals surface area contributed by atoms with Crippen molar-refractivity contribution in [2.45, 2.75) is 19.9 Å². The van der Waals surface area contributed by atoms with E-state index < -0.39 is 0 Å². The first-order valence-corrected chi connectivity index (χ1v) is 6.19. The fourth-order valence-electron chi connectivity index (χ4n) is 2.52. The number of likely N-dealkylation sites (N-methyl/N-ethyl adjacent to an activating group) is 1. The summed E-state index contributed by atoms with van der Waals surface area (Å²) in [7, 11) is 3.91. The van der Waals surface area contributed by atoms with E-state index in [1.807, 2.05) is 0 Å². The van der Waals surface area contributed by atoms with E-state index in [1.165, 1.54) is 16.7 Å². The second-order valence-electron chi connectivity index (χ2n) is 4.88. The summed E-state index contributed by atoms with van der Waals surface area (Å²) in [5.74, 6) is 0.982. The molecule has 1 saturated heterocycles. The van der Waals surface area contributed by atoms with Crippen LogP contribution >= 0.6 is 0 Å². The molecule has 1 aromatic carbocycles. The van der Waals surface area contributed by atoms with Crippen LogP contribution in [0.5, 0.6) is 5.75 Å². The van der Waals surface area contributed by atoms with Gasteiger partial charge < -0.3 is 15.0 Å². The van der Waals surface area contributed by atoms with E-state index in [2.05, 4.69) is 43.2 Å². The van der Waals surface area contributed by atoms with Gasteiger partial charge in [0.1, 0.15) is 5.75 Å². The van der Waals surface area contributed by atoms with Crippen molar-refractivity contribution in [3.05, 3.63) is 28.8 Å². The lowest BCUT2D eigenvalue weighted by molar-refractivity contribution is 0.240. The Balaban J connectivity index is 2.29. The van der Waals surface area contributed by atoms with Crippen LogP contribution in [0.1, 0.15) is 22.7 Å². The molecule has 3 nitrogen and oxygen atoms in total. The highest BCUT2D eigenvalue weighted by molar-refractivity contribution is 5.45. The van der Waals surface area contributed by atoms with Gasteiger partial charge in [-0.2, -0.15) is 0 Å². The van der Waals surface area contributed by atoms with Crippen LogP contribution in [-0.2, 0) is 0 Å². The van der Waals surface area contributed by atoms with Crippen molar-refractivity contribution in [2.75, 3.05) is 33.8 Å². The molecule has 0 bridgehead atoms. The highest BCUT2D eigenvalue weighted by atomic mass is 16.5. The summed E-state index contributed by atoms with van der Waals surface area (Å²) in [5, 5.41) is 3.59. The number of ether oxygens (including phenoxy) is 1. The third-order valence-electron chi connectivity index (χ3n) is 3.75. The van der Waals surface area contributed by atoms with E-state index in [-0.39, 0.29) is 0 Å². The van der Waals surface area contributed by atoms with Gasteiger partial charge in [-0.05, 0) is 43.7 Å². The molecule has 0 aliphatic carbocycles. The first kappa shape index (κ1) is 12.4. The molecule has 0 radical (unpaired) electrons. The lowest BCUT2D eigenvalue weighted by atomic mass is 9.95. The van der Waals surface area contributed by atoms with Gasteiger partial charge in [0.2, 0.25) is 0 Å². The van der Waals surface area contributed by atoms with Crippen LogP contribution in [0, 0.1) is 13.8 Å². The van der Waals surface area contributed by atoms with E-state index in [9.17, 15) is 0 Å². The molecule has 1 atom stereocenters. The van der Waals surface area contributed by atoms with Gasteiger partial charge in [0, 0.05) is 25.7 Å². The number of hydrogen-bond acceptors (Lipinski definition) is 3. The molecule has 1 unspecified atom stereocenters. The predicted octanol–water partition coefficient (Wildman–Crippen LogP) is 1.89. The Hall–Kier alpha value is -1.06. The highest BCUT2D eigenvalue weighted by Gasteiger charge is 2.20. The molecule has 94 valence electrons. The topological polar surface area (TPSA) is 24.5 Å². The van der Waals surface area contributed by atoms with Crippen LogP contribution in [0.25, 0.3) is 0 Å². The number of piperazine rings is 1. The maximum Gasteiger partial charge on any atom is 0.122 e. The Bertz CT molecular complexity index is 403. The van der Waals surface area contributed by atoms with E-state index in [4.69, 9.17) is 4.74 Å². The molecule has 2 rings (SSSR count). The first-order valence-electron chi connectivity index (χ1n) is 6.19. The van der Waals surface area contributed by atoms with Crippen LogP contribution in [0.15, 0.2) is 12.1 Å². The summed E-state index contributed by atoms with van der Waals surface area (Å²) in [4.78, 5) is 2.38. The molecule has 0 spiro atoms. The van der Waals surface area contributed by atoms with Gasteiger partial charge in [-0.3, -0.25) is 0 Å². The van der Waals surface area contributed by atoms with Crippen LogP contribution in [0.4, 0.5) is 0 Å². The minimum atomic E-state index is 0.443. The molecule has 0 amide bonds. The summed E-state index contributed by atoms with van der Waals surface area (Å²) >= 11 is 0. The second kappa shape index (κ2) is 5.07. The molecule has 1 heterocycles. The summed E-state index contributed by atoms with van der Waals surface area (Å²) in [6.45, 7) is 7.58. The molecule has 1 fully saturated rings. The van der Waals surface area contributed by atoms with E-state index >= 15 is 0 Å². The molecule has 0 saturated carbocycles. The molecule has 3 heteroatoms. The van der Waals surface area contributed by atoms with E-state index in [0.717, 1.165) is 25.4 Å². The Labute approximate surface area is 104 Å². The normalized spacial score (nSPS) is 21.5. The monoisotopic (exact) mass is 234 g/mol. The molecule has 0 aromatic heterocycles. The number of nitrogens with zero attached hydrogens (tertiary/aromatic N) is 1. The summed E-state index contributed by atoms with van der Waals surface area (Å²) in [6.07, 6.45) is 0. The zero-order chi connectivity index (χ0) is 12.4. The van der Waals surface area contributed by atoms with Crippen molar-refractivity contribution < 1.29 is 4.74 Å². The summed E-state index contributed by atoms with van der Waals surface area (Å²) in [6, 6.07) is 4.71. The van der Waals surface area contributed by atoms with E-state index in [1.54, 1.807) is 7.11 Å². The lowest BCUT2D eigenvalue weighted by Gasteiger charge is -2.32. The van der Waals surface area contributed by atoms with Gasteiger partial charge in [-0.1, -0.05) is 6.07 Å². The third-order valence-corrected chi connectivity index (χ3v) is 3.75. The smallest absolute Gasteiger partial charge is 0.122 e. The molecular formula is C14H22N2O. The van der Waals surface area contributed by atoms with Gasteiger partial charge in [-0.25, -0.2) is 0 Å². The van der Waals surface area contributed by atoms with Crippen molar-refractivity contribution in [3.8, 4) is 5.75 Å². The second-order valence-corrected chi connectivity index (χ2v) is 4.88. The van der Waals surface area contributed by atoms with Gasteiger partial charge in [0.25, 0.3) is 0 Å². The molecule has 1 aromatic rings. The average Bonchev–Trinajstić information content (AvgIpc) is 2.32. The standard InChI is InChI=1S/C14H22N2O/c1-10-11(2)14(17-4)6-5-12(10)13-9-16(3)8-7-15-13/h5-6,13,15H,7-9H2,1-4H3. The third kappa shape index (κ3) is 2.45. The number of nitrogens with one attached hydrogen (secondary N) is 1. The van der Waals surface area contributed by atoms with Crippen LogP contribution in [0.2, 0.25) is 0 Å². The van der Waals surface area contributed by atoms with Crippen molar-refractivity contribution in [3.63, 3.8) is 0 Å². The average molecular weight is 234 g/mol. The number of hydrogen-bond donors (Lipinski definition) is 1. The minimum absolute atomic E-state index is 0.443. The number of rotatable bonds is 2. The van der Waals surface area contributed by atoms with Crippen LogP contribution < -0.4 is 10.1 Å². The SMILES string of the molecule is COc1ccc(C2CN(C)CCN2)c(C)c1C. The molecular weight excluding hydrogens is 212 g/mol. The minimum Gasteiger partial charge on any atom is -0.496 e. The predicted molar refractivity (Wildman–Crippen MR) is 70.7 cm³/mol. The largest absolute Gasteiger partial charge is 0.496 e. The van der Waals surface area contributed by atoms with Crippen molar-refractivity contribution in [1.29, 1.82) is 0 Å². The highest BCUT2D eigenvalue weighted by Crippen LogP contribution is 2.28. The fourth-order valence-corrected chi connectivity index (χ4v) is 2.52. The number of benzene rings is 1. The maximum atomic E-state index is 5.36. The van der Waals surface area contributed by atoms with Gasteiger partial charge >= 0.3 is 0 Å². The van der Waals surface area contributed by atoms with Gasteiger partial charge in [0.05, 0.1) is 7.11 Å². The summed E-state index contributed by atoms with van der Waals surface area (Å²) < 4.78 is 5.36. The summed E-state index contributed by atoms with van der Waals surface area (Å²) in [5.41, 5.74) is 3.99. The molecule has 1 aliphatic rings. The lowest BCUT2D eigenvalue weighted by Crippen LogP contribution is -2.43. The quantitative estimate of drug-likeness (QED) is 0.845. The maximum absolute atomic E-state index is 5.36. The van der Waals surface area contributed by atoms with Crippen molar-refractivity contribution >= 4 is 0 Å². The Morgan fingerprint density at radius 3 is 2.71 bits per heavy atom. The Morgan fingerprint density at radius 2 is 2.06 bits per heavy atom. The number of methoxy groups -OCH3 is 1. The Morgan fingerprint density at radius 1 is 1.29 bits per heavy atom. The van der Waals surface area contributed by atoms with Crippen molar-refractivity contribution in [1.82, 2.24) is 10.2 Å². The van der Waals surface area contributed by atoms with E-state index in [0.29, 0.717) is 6.04 Å². The zero-order valence-corrected chi connectivity index (χ0v) is 11.2. The first-order chi connectivity index (χ1) is 8.13. The molecule has 1 N–H and O–H groups in total. The molecule has 1 aliphatic heterocycles. The molecule has 17 heavy (non-hydrogen) atoms. The fraction of sp³-hybridized carbons (Fsp3) is 0.571. The van der Waals surface area contributed by atoms with Crippen LogP contribution in [0.3, 0.4) is 0 Å². The Kier molecular flexibility index (Phi) is 3.69. The van der Waals surface area contributed by atoms with Gasteiger partial charge in [-0.15, -0.1) is 0 Å². The zero-order valence-electron chi connectivity index (χ0n) is 11.2. The van der Waals surface area contributed by atoms with Crippen molar-refractivity contribution in [2.24, 2.45) is 0 Å². The van der Waals surface area contributed by atoms with Crippen LogP contribution in [-0.4, -0.2) is 38.7 Å².